The Morgan fingerprint density at radius 3 is 2.81 bits per heavy atom. The lowest BCUT2D eigenvalue weighted by molar-refractivity contribution is 0.200. The second-order valence-electron chi connectivity index (χ2n) is 4.24. The Balaban J connectivity index is 2.57. The number of hydrogen-bond donors (Lipinski definition) is 1. The lowest BCUT2D eigenvalue weighted by Gasteiger charge is -2.19. The molecule has 1 aromatic heterocycles. The molecule has 0 saturated heterocycles. The molecule has 0 radical (unpaired) electrons. The molecule has 0 saturated carbocycles. The van der Waals surface area contributed by atoms with Crippen LogP contribution in [0.25, 0.3) is 0 Å². The van der Waals surface area contributed by atoms with E-state index in [1.807, 2.05) is 17.8 Å². The Labute approximate surface area is 97.2 Å². The molecule has 0 amide bonds. The number of aromatic nitrogens is 2. The van der Waals surface area contributed by atoms with Crippen LogP contribution in [0.2, 0.25) is 0 Å². The van der Waals surface area contributed by atoms with E-state index in [2.05, 4.69) is 29.8 Å². The largest absolute Gasteiger partial charge is 0.395 e. The maximum Gasteiger partial charge on any atom is 0.0945 e. The molecule has 1 rings (SSSR count). The summed E-state index contributed by atoms with van der Waals surface area (Å²) in [5.41, 5.74) is 2.46. The van der Waals surface area contributed by atoms with Crippen molar-refractivity contribution in [3.05, 3.63) is 29.9 Å². The third kappa shape index (κ3) is 4.16. The highest BCUT2D eigenvalue weighted by Gasteiger charge is 2.06. The smallest absolute Gasteiger partial charge is 0.0945 e. The highest BCUT2D eigenvalue weighted by atomic mass is 16.3. The summed E-state index contributed by atoms with van der Waals surface area (Å²) in [6.07, 6.45) is 5.84. The van der Waals surface area contributed by atoms with E-state index < -0.39 is 0 Å². The third-order valence-electron chi connectivity index (χ3n) is 2.48. The van der Waals surface area contributed by atoms with Crippen LogP contribution in [0.1, 0.15) is 19.5 Å². The van der Waals surface area contributed by atoms with E-state index in [9.17, 15) is 0 Å². The summed E-state index contributed by atoms with van der Waals surface area (Å²) in [7, 11) is 1.99. The number of aliphatic hydroxyl groups excluding tert-OH is 1. The Hall–Kier alpha value is -1.13. The maximum atomic E-state index is 9.02. The first-order valence-corrected chi connectivity index (χ1v) is 5.55. The molecule has 1 aromatic rings. The van der Waals surface area contributed by atoms with E-state index in [0.717, 1.165) is 18.8 Å². The summed E-state index contributed by atoms with van der Waals surface area (Å²) in [4.78, 5) is 6.29. The van der Waals surface area contributed by atoms with Crippen molar-refractivity contribution in [1.82, 2.24) is 14.5 Å². The molecule has 0 atom stereocenters. The molecule has 1 N–H and O–H groups in total. The van der Waals surface area contributed by atoms with E-state index in [-0.39, 0.29) is 6.61 Å². The molecule has 0 aromatic carbocycles. The van der Waals surface area contributed by atoms with Crippen molar-refractivity contribution in [2.45, 2.75) is 20.4 Å². The van der Waals surface area contributed by atoms with E-state index in [4.69, 9.17) is 5.11 Å². The van der Waals surface area contributed by atoms with Gasteiger partial charge in [0.25, 0.3) is 0 Å². The predicted molar refractivity (Wildman–Crippen MR) is 65.0 cm³/mol. The Bertz CT molecular complexity index is 340. The molecule has 16 heavy (non-hydrogen) atoms. The van der Waals surface area contributed by atoms with Gasteiger partial charge in [-0.2, -0.15) is 0 Å². The van der Waals surface area contributed by atoms with Gasteiger partial charge in [-0.05, 0) is 13.8 Å². The van der Waals surface area contributed by atoms with Gasteiger partial charge in [0.15, 0.2) is 0 Å². The van der Waals surface area contributed by atoms with E-state index >= 15 is 0 Å². The molecule has 90 valence electrons. The van der Waals surface area contributed by atoms with E-state index in [1.54, 1.807) is 6.33 Å². The molecule has 0 bridgehead atoms. The molecule has 4 heteroatoms. The van der Waals surface area contributed by atoms with Crippen molar-refractivity contribution in [3.8, 4) is 0 Å². The monoisotopic (exact) mass is 223 g/mol. The number of rotatable bonds is 6. The van der Waals surface area contributed by atoms with Crippen molar-refractivity contribution in [2.24, 2.45) is 7.05 Å². The number of nitrogens with zero attached hydrogens (tertiary/aromatic N) is 3. The van der Waals surface area contributed by atoms with Crippen LogP contribution in [0.5, 0.6) is 0 Å². The van der Waals surface area contributed by atoms with Crippen LogP contribution in [0.3, 0.4) is 0 Å². The van der Waals surface area contributed by atoms with Gasteiger partial charge in [-0.15, -0.1) is 0 Å². The van der Waals surface area contributed by atoms with Gasteiger partial charge in [0, 0.05) is 32.9 Å². The third-order valence-corrected chi connectivity index (χ3v) is 2.48. The summed E-state index contributed by atoms with van der Waals surface area (Å²) < 4.78 is 2.01. The standard InChI is InChI=1S/C12H21N3O/c1-11(2)4-5-15(6-7-16)9-12-8-13-10-14(12)3/h4,8,10,16H,5-7,9H2,1-3H3. The van der Waals surface area contributed by atoms with Gasteiger partial charge in [-0.1, -0.05) is 11.6 Å². The quantitative estimate of drug-likeness (QED) is 0.736. The lowest BCUT2D eigenvalue weighted by Crippen LogP contribution is -2.27. The average molecular weight is 223 g/mol. The van der Waals surface area contributed by atoms with Gasteiger partial charge in [0.2, 0.25) is 0 Å². The minimum absolute atomic E-state index is 0.189. The van der Waals surface area contributed by atoms with Crippen LogP contribution >= 0.6 is 0 Å². The molecule has 0 spiro atoms. The van der Waals surface area contributed by atoms with Crippen LogP contribution in [-0.2, 0) is 13.6 Å². The zero-order valence-electron chi connectivity index (χ0n) is 10.3. The van der Waals surface area contributed by atoms with Gasteiger partial charge >= 0.3 is 0 Å². The molecule has 0 aliphatic carbocycles. The molecule has 0 fully saturated rings. The number of aryl methyl sites for hydroxylation is 1. The predicted octanol–water partition coefficient (Wildman–Crippen LogP) is 1.18. The van der Waals surface area contributed by atoms with Gasteiger partial charge in [0.1, 0.15) is 0 Å². The van der Waals surface area contributed by atoms with Crippen molar-refractivity contribution in [1.29, 1.82) is 0 Å². The normalized spacial score (nSPS) is 10.8. The van der Waals surface area contributed by atoms with Crippen molar-refractivity contribution in [2.75, 3.05) is 19.7 Å². The molecular weight excluding hydrogens is 202 g/mol. The van der Waals surface area contributed by atoms with Gasteiger partial charge in [-0.25, -0.2) is 4.98 Å². The number of allylic oxidation sites excluding steroid dienone is 1. The van der Waals surface area contributed by atoms with Crippen LogP contribution in [-0.4, -0.2) is 39.3 Å². The van der Waals surface area contributed by atoms with E-state index in [1.165, 1.54) is 5.57 Å². The number of imidazole rings is 1. The number of hydrogen-bond acceptors (Lipinski definition) is 3. The summed E-state index contributed by atoms with van der Waals surface area (Å²) in [6.45, 7) is 6.74. The minimum Gasteiger partial charge on any atom is -0.395 e. The minimum atomic E-state index is 0.189. The highest BCUT2D eigenvalue weighted by molar-refractivity contribution is 5.00. The van der Waals surface area contributed by atoms with Gasteiger partial charge in [-0.3, -0.25) is 4.90 Å². The Morgan fingerprint density at radius 1 is 1.56 bits per heavy atom. The van der Waals surface area contributed by atoms with Gasteiger partial charge < -0.3 is 9.67 Å². The fraction of sp³-hybridized carbons (Fsp3) is 0.583. The number of aliphatic hydroxyl groups is 1. The van der Waals surface area contributed by atoms with Crippen LogP contribution < -0.4 is 0 Å². The Morgan fingerprint density at radius 2 is 2.31 bits per heavy atom. The van der Waals surface area contributed by atoms with E-state index in [0.29, 0.717) is 6.54 Å². The summed E-state index contributed by atoms with van der Waals surface area (Å²) in [5.74, 6) is 0. The molecule has 4 nitrogen and oxygen atoms in total. The molecule has 0 aliphatic heterocycles. The van der Waals surface area contributed by atoms with Crippen LogP contribution in [0.15, 0.2) is 24.2 Å². The second-order valence-corrected chi connectivity index (χ2v) is 4.24. The van der Waals surface area contributed by atoms with Crippen LogP contribution in [0, 0.1) is 0 Å². The van der Waals surface area contributed by atoms with Crippen LogP contribution in [0.4, 0.5) is 0 Å². The molecular formula is C12H21N3O. The van der Waals surface area contributed by atoms with Crippen molar-refractivity contribution < 1.29 is 5.11 Å². The first-order chi connectivity index (χ1) is 7.63. The first kappa shape index (κ1) is 12.9. The first-order valence-electron chi connectivity index (χ1n) is 5.55. The lowest BCUT2D eigenvalue weighted by atomic mass is 10.3. The fourth-order valence-electron chi connectivity index (χ4n) is 1.45. The summed E-state index contributed by atoms with van der Waals surface area (Å²) in [6, 6.07) is 0. The van der Waals surface area contributed by atoms with Crippen molar-refractivity contribution in [3.63, 3.8) is 0 Å². The fourth-order valence-corrected chi connectivity index (χ4v) is 1.45. The Kier molecular flexibility index (Phi) is 5.22. The maximum absolute atomic E-state index is 9.02. The summed E-state index contributed by atoms with van der Waals surface area (Å²) >= 11 is 0. The van der Waals surface area contributed by atoms with Crippen molar-refractivity contribution >= 4 is 0 Å². The molecule has 1 heterocycles. The second kappa shape index (κ2) is 6.45. The molecule has 0 aliphatic rings. The summed E-state index contributed by atoms with van der Waals surface area (Å²) in [5, 5.41) is 9.02. The topological polar surface area (TPSA) is 41.3 Å². The highest BCUT2D eigenvalue weighted by Crippen LogP contribution is 2.03. The zero-order valence-corrected chi connectivity index (χ0v) is 10.3. The zero-order chi connectivity index (χ0) is 12.0. The SMILES string of the molecule is CC(C)=CCN(CCO)Cc1cncn1C. The van der Waals surface area contributed by atoms with Gasteiger partial charge in [0.05, 0.1) is 18.6 Å². The molecule has 0 unspecified atom stereocenters. The average Bonchev–Trinajstić information content (AvgIpc) is 2.61.